The number of furan rings is 1. The van der Waals surface area contributed by atoms with Gasteiger partial charge in [-0.15, -0.1) is 11.3 Å². The number of carboxylic acid groups (broad SMARTS) is 1. The Labute approximate surface area is 124 Å². The van der Waals surface area contributed by atoms with Gasteiger partial charge in [0.1, 0.15) is 16.7 Å². The Morgan fingerprint density at radius 1 is 1.29 bits per heavy atom. The second-order valence-corrected chi connectivity index (χ2v) is 5.68. The van der Waals surface area contributed by atoms with E-state index in [9.17, 15) is 9.59 Å². The van der Waals surface area contributed by atoms with Crippen molar-refractivity contribution in [1.82, 2.24) is 4.90 Å². The van der Waals surface area contributed by atoms with Crippen molar-refractivity contribution in [3.05, 3.63) is 46.0 Å². The lowest BCUT2D eigenvalue weighted by atomic mass is 10.2. The van der Waals surface area contributed by atoms with Gasteiger partial charge in [-0.25, -0.2) is 4.79 Å². The fourth-order valence-corrected chi connectivity index (χ4v) is 3.02. The van der Waals surface area contributed by atoms with E-state index in [1.807, 2.05) is 6.07 Å². The van der Waals surface area contributed by atoms with E-state index in [4.69, 9.17) is 14.3 Å². The fourth-order valence-electron chi connectivity index (χ4n) is 2.20. The highest BCUT2D eigenvalue weighted by Crippen LogP contribution is 2.25. The molecule has 21 heavy (non-hydrogen) atoms. The highest BCUT2D eigenvalue weighted by atomic mass is 32.1. The first-order valence-electron chi connectivity index (χ1n) is 6.42. The van der Waals surface area contributed by atoms with Crippen LogP contribution in [0.15, 0.2) is 34.9 Å². The molecule has 1 unspecified atom stereocenters. The van der Waals surface area contributed by atoms with Gasteiger partial charge in [0.2, 0.25) is 0 Å². The Morgan fingerprint density at radius 2 is 2.10 bits per heavy atom. The molecule has 1 aliphatic heterocycles. The van der Waals surface area contributed by atoms with Gasteiger partial charge in [-0.1, -0.05) is 0 Å². The van der Waals surface area contributed by atoms with Crippen LogP contribution in [0, 0.1) is 0 Å². The minimum atomic E-state index is -1.02. The van der Waals surface area contributed by atoms with Crippen molar-refractivity contribution in [3.63, 3.8) is 0 Å². The molecule has 1 saturated heterocycles. The topological polar surface area (TPSA) is 80.0 Å². The summed E-state index contributed by atoms with van der Waals surface area (Å²) in [4.78, 5) is 25.5. The molecule has 3 heterocycles. The van der Waals surface area contributed by atoms with Crippen LogP contribution in [0.2, 0.25) is 0 Å². The third-order valence-corrected chi connectivity index (χ3v) is 4.30. The van der Waals surface area contributed by atoms with Crippen molar-refractivity contribution in [2.45, 2.75) is 6.10 Å². The number of hydrogen-bond acceptors (Lipinski definition) is 5. The summed E-state index contributed by atoms with van der Waals surface area (Å²) in [6.07, 6.45) is 1.29. The van der Waals surface area contributed by atoms with Gasteiger partial charge in [0.25, 0.3) is 5.91 Å². The Morgan fingerprint density at radius 3 is 2.76 bits per heavy atom. The molecule has 3 rings (SSSR count). The third kappa shape index (κ3) is 2.84. The largest absolute Gasteiger partial charge is 0.477 e. The average molecular weight is 307 g/mol. The maximum atomic E-state index is 12.4. The second-order valence-electron chi connectivity index (χ2n) is 4.60. The van der Waals surface area contributed by atoms with Crippen molar-refractivity contribution in [3.8, 4) is 0 Å². The van der Waals surface area contributed by atoms with Crippen molar-refractivity contribution < 1.29 is 23.8 Å². The molecular weight excluding hydrogens is 294 g/mol. The summed E-state index contributed by atoms with van der Waals surface area (Å²) in [5.41, 5.74) is 0. The van der Waals surface area contributed by atoms with Gasteiger partial charge in [0.15, 0.2) is 0 Å². The number of rotatable bonds is 3. The number of carboxylic acids is 1. The van der Waals surface area contributed by atoms with Crippen LogP contribution in [-0.4, -0.2) is 41.6 Å². The van der Waals surface area contributed by atoms with E-state index in [-0.39, 0.29) is 16.9 Å². The second kappa shape index (κ2) is 5.71. The molecule has 0 saturated carbocycles. The van der Waals surface area contributed by atoms with Crippen LogP contribution in [0.3, 0.4) is 0 Å². The van der Waals surface area contributed by atoms with Gasteiger partial charge in [-0.05, 0) is 24.3 Å². The zero-order valence-corrected chi connectivity index (χ0v) is 11.8. The van der Waals surface area contributed by atoms with Gasteiger partial charge >= 0.3 is 5.97 Å². The molecule has 2 aromatic rings. The Hall–Kier alpha value is -2.12. The fraction of sp³-hybridized carbons (Fsp3) is 0.286. The molecule has 7 heteroatoms. The van der Waals surface area contributed by atoms with E-state index < -0.39 is 5.97 Å². The van der Waals surface area contributed by atoms with Crippen LogP contribution in [0.5, 0.6) is 0 Å². The molecule has 0 aromatic carbocycles. The van der Waals surface area contributed by atoms with Gasteiger partial charge < -0.3 is 19.2 Å². The summed E-state index contributed by atoms with van der Waals surface area (Å²) < 4.78 is 10.9. The Bertz CT molecular complexity index is 648. The number of thiophene rings is 1. The zero-order chi connectivity index (χ0) is 14.8. The first-order valence-corrected chi connectivity index (χ1v) is 7.24. The number of hydrogen-bond donors (Lipinski definition) is 1. The third-order valence-electron chi connectivity index (χ3n) is 3.24. The summed E-state index contributed by atoms with van der Waals surface area (Å²) in [6.45, 7) is 1.30. The average Bonchev–Trinajstić information content (AvgIpc) is 3.18. The first-order chi connectivity index (χ1) is 10.1. The molecule has 0 radical (unpaired) electrons. The van der Waals surface area contributed by atoms with Crippen molar-refractivity contribution in [2.24, 2.45) is 0 Å². The van der Waals surface area contributed by atoms with Crippen molar-refractivity contribution in [1.29, 1.82) is 0 Å². The molecule has 0 bridgehead atoms. The number of morpholine rings is 1. The van der Waals surface area contributed by atoms with Gasteiger partial charge in [-0.3, -0.25) is 4.79 Å². The summed E-state index contributed by atoms with van der Waals surface area (Å²) in [5, 5.41) is 8.91. The molecule has 1 amide bonds. The van der Waals surface area contributed by atoms with E-state index in [2.05, 4.69) is 0 Å². The monoisotopic (exact) mass is 307 g/mol. The summed E-state index contributed by atoms with van der Waals surface area (Å²) in [6, 6.07) is 6.59. The molecular formula is C14H13NO5S. The van der Waals surface area contributed by atoms with E-state index in [1.54, 1.807) is 23.3 Å². The van der Waals surface area contributed by atoms with E-state index in [0.717, 1.165) is 11.3 Å². The lowest BCUT2D eigenvalue weighted by molar-refractivity contribution is -0.0319. The van der Waals surface area contributed by atoms with Gasteiger partial charge in [0, 0.05) is 6.54 Å². The summed E-state index contributed by atoms with van der Waals surface area (Å²) in [5.74, 6) is -0.508. The molecule has 6 nitrogen and oxygen atoms in total. The van der Waals surface area contributed by atoms with Crippen LogP contribution in [0.1, 0.15) is 31.2 Å². The number of aromatic carboxylic acids is 1. The van der Waals surface area contributed by atoms with Crippen LogP contribution in [0.25, 0.3) is 0 Å². The minimum Gasteiger partial charge on any atom is -0.477 e. The lowest BCUT2D eigenvalue weighted by Gasteiger charge is -2.31. The van der Waals surface area contributed by atoms with Gasteiger partial charge in [-0.2, -0.15) is 0 Å². The molecule has 1 N–H and O–H groups in total. The molecule has 1 aliphatic rings. The minimum absolute atomic E-state index is 0.161. The molecule has 110 valence electrons. The smallest absolute Gasteiger partial charge is 0.345 e. The van der Waals surface area contributed by atoms with Crippen LogP contribution < -0.4 is 0 Å². The highest BCUT2D eigenvalue weighted by molar-refractivity contribution is 7.15. The Balaban J connectivity index is 1.73. The SMILES string of the molecule is O=C(O)c1ccc(C(=O)N2CCOC(c3ccco3)C2)s1. The lowest BCUT2D eigenvalue weighted by Crippen LogP contribution is -2.41. The normalized spacial score (nSPS) is 18.7. The summed E-state index contributed by atoms with van der Waals surface area (Å²) >= 11 is 0.986. The van der Waals surface area contributed by atoms with E-state index in [1.165, 1.54) is 6.07 Å². The van der Waals surface area contributed by atoms with E-state index in [0.29, 0.717) is 30.3 Å². The highest BCUT2D eigenvalue weighted by Gasteiger charge is 2.28. The van der Waals surface area contributed by atoms with Crippen LogP contribution in [0.4, 0.5) is 0 Å². The standard InChI is InChI=1S/C14H13NO5S/c16-13(11-3-4-12(21-11)14(17)18)15-5-7-20-10(8-15)9-2-1-6-19-9/h1-4,6,10H,5,7-8H2,(H,17,18). The Kier molecular flexibility index (Phi) is 3.76. The number of amides is 1. The molecule has 2 aromatic heterocycles. The maximum Gasteiger partial charge on any atom is 0.345 e. The number of carbonyl (C=O) groups is 2. The predicted octanol–water partition coefficient (Wildman–Crippen LogP) is 2.25. The maximum absolute atomic E-state index is 12.4. The molecule has 0 aliphatic carbocycles. The summed E-state index contributed by atoms with van der Waals surface area (Å²) in [7, 11) is 0. The van der Waals surface area contributed by atoms with Crippen molar-refractivity contribution >= 4 is 23.2 Å². The van der Waals surface area contributed by atoms with Crippen LogP contribution >= 0.6 is 11.3 Å². The first kappa shape index (κ1) is 13.8. The van der Waals surface area contributed by atoms with E-state index >= 15 is 0 Å². The number of carbonyl (C=O) groups excluding carboxylic acids is 1. The molecule has 0 spiro atoms. The van der Waals surface area contributed by atoms with Crippen LogP contribution in [-0.2, 0) is 4.74 Å². The molecule has 1 fully saturated rings. The molecule has 1 atom stereocenters. The van der Waals surface area contributed by atoms with Crippen molar-refractivity contribution in [2.75, 3.05) is 19.7 Å². The van der Waals surface area contributed by atoms with Gasteiger partial charge in [0.05, 0.1) is 24.3 Å². The zero-order valence-electron chi connectivity index (χ0n) is 11.0. The number of nitrogens with zero attached hydrogens (tertiary/aromatic N) is 1. The number of ether oxygens (including phenoxy) is 1. The quantitative estimate of drug-likeness (QED) is 0.940. The predicted molar refractivity (Wildman–Crippen MR) is 74.6 cm³/mol.